The molecule has 2 rings (SSSR count). The summed E-state index contributed by atoms with van der Waals surface area (Å²) in [4.78, 5) is 8.12. The minimum atomic E-state index is 0.248. The summed E-state index contributed by atoms with van der Waals surface area (Å²) in [6.07, 6.45) is 1.66. The standard InChI is InChI=1S/C9H10BrN5O/c1-2-16-9-13-8(11)15(14-9)7-4-3-6(10)5-12-7/h3-5H,2H2,1H3,(H2,11,13,14). The largest absolute Gasteiger partial charge is 0.463 e. The molecule has 0 spiro atoms. The fraction of sp³-hybridized carbons (Fsp3) is 0.222. The third kappa shape index (κ3) is 2.13. The maximum Gasteiger partial charge on any atom is 0.337 e. The number of aromatic nitrogens is 4. The molecule has 0 bridgehead atoms. The number of pyridine rings is 1. The zero-order valence-electron chi connectivity index (χ0n) is 8.59. The average Bonchev–Trinajstić information content (AvgIpc) is 2.61. The summed E-state index contributed by atoms with van der Waals surface area (Å²) in [5.41, 5.74) is 5.70. The minimum absolute atomic E-state index is 0.248. The number of hydrogen-bond donors (Lipinski definition) is 1. The Bertz CT molecular complexity index is 481. The Morgan fingerprint density at radius 3 is 2.94 bits per heavy atom. The number of anilines is 1. The van der Waals surface area contributed by atoms with Gasteiger partial charge in [-0.15, -0.1) is 5.10 Å². The van der Waals surface area contributed by atoms with E-state index in [4.69, 9.17) is 10.5 Å². The number of nitrogen functional groups attached to an aromatic ring is 1. The quantitative estimate of drug-likeness (QED) is 0.921. The van der Waals surface area contributed by atoms with E-state index >= 15 is 0 Å². The van der Waals surface area contributed by atoms with Crippen LogP contribution in [0.2, 0.25) is 0 Å². The van der Waals surface area contributed by atoms with Crippen LogP contribution in [0.4, 0.5) is 5.95 Å². The molecule has 2 heterocycles. The molecule has 16 heavy (non-hydrogen) atoms. The lowest BCUT2D eigenvalue weighted by Crippen LogP contribution is -2.04. The van der Waals surface area contributed by atoms with E-state index in [1.54, 1.807) is 12.3 Å². The van der Waals surface area contributed by atoms with E-state index < -0.39 is 0 Å². The Kier molecular flexibility index (Phi) is 3.04. The van der Waals surface area contributed by atoms with Gasteiger partial charge in [0.1, 0.15) is 0 Å². The molecular weight excluding hydrogens is 274 g/mol. The first-order valence-electron chi connectivity index (χ1n) is 4.68. The van der Waals surface area contributed by atoms with Crippen LogP contribution in [-0.4, -0.2) is 26.4 Å². The topological polar surface area (TPSA) is 78.9 Å². The van der Waals surface area contributed by atoms with Crippen LogP contribution < -0.4 is 10.5 Å². The number of nitrogens with zero attached hydrogens (tertiary/aromatic N) is 4. The molecule has 0 unspecified atom stereocenters. The Morgan fingerprint density at radius 1 is 1.50 bits per heavy atom. The molecule has 0 saturated heterocycles. The monoisotopic (exact) mass is 283 g/mol. The first kappa shape index (κ1) is 10.9. The van der Waals surface area contributed by atoms with Crippen molar-refractivity contribution in [2.24, 2.45) is 0 Å². The SMILES string of the molecule is CCOc1nc(N)n(-c2ccc(Br)cn2)n1. The van der Waals surface area contributed by atoms with Crippen LogP contribution in [0, 0.1) is 0 Å². The molecule has 0 amide bonds. The maximum atomic E-state index is 5.70. The highest BCUT2D eigenvalue weighted by molar-refractivity contribution is 9.10. The van der Waals surface area contributed by atoms with Crippen LogP contribution in [0.25, 0.3) is 5.82 Å². The second kappa shape index (κ2) is 4.48. The highest BCUT2D eigenvalue weighted by Crippen LogP contribution is 2.15. The molecule has 0 aliphatic carbocycles. The highest BCUT2D eigenvalue weighted by atomic mass is 79.9. The predicted octanol–water partition coefficient (Wildman–Crippen LogP) is 1.41. The van der Waals surface area contributed by atoms with Gasteiger partial charge in [0.05, 0.1) is 6.61 Å². The summed E-state index contributed by atoms with van der Waals surface area (Å²) in [7, 11) is 0. The molecule has 6 nitrogen and oxygen atoms in total. The lowest BCUT2D eigenvalue weighted by atomic mass is 10.5. The summed E-state index contributed by atoms with van der Waals surface area (Å²) in [6, 6.07) is 3.89. The summed E-state index contributed by atoms with van der Waals surface area (Å²) in [6.45, 7) is 2.35. The van der Waals surface area contributed by atoms with Crippen molar-refractivity contribution in [3.63, 3.8) is 0 Å². The molecule has 2 aromatic rings. The van der Waals surface area contributed by atoms with Gasteiger partial charge in [-0.3, -0.25) is 0 Å². The molecule has 7 heteroatoms. The van der Waals surface area contributed by atoms with Gasteiger partial charge < -0.3 is 10.5 Å². The van der Waals surface area contributed by atoms with Crippen LogP contribution in [0.1, 0.15) is 6.92 Å². The molecule has 0 fully saturated rings. The van der Waals surface area contributed by atoms with Crippen molar-refractivity contribution in [2.45, 2.75) is 6.92 Å². The molecule has 0 saturated carbocycles. The van der Waals surface area contributed by atoms with Gasteiger partial charge in [-0.25, -0.2) is 4.98 Å². The van der Waals surface area contributed by atoms with Gasteiger partial charge in [0, 0.05) is 10.7 Å². The van der Waals surface area contributed by atoms with Gasteiger partial charge in [0.15, 0.2) is 5.82 Å². The number of halogens is 1. The first-order chi connectivity index (χ1) is 7.70. The molecule has 0 aliphatic rings. The van der Waals surface area contributed by atoms with E-state index in [1.807, 2.05) is 13.0 Å². The zero-order chi connectivity index (χ0) is 11.5. The van der Waals surface area contributed by atoms with E-state index in [0.29, 0.717) is 12.4 Å². The Hall–Kier alpha value is -1.63. The van der Waals surface area contributed by atoms with Crippen LogP contribution in [-0.2, 0) is 0 Å². The summed E-state index contributed by atoms with van der Waals surface area (Å²) >= 11 is 3.30. The third-order valence-electron chi connectivity index (χ3n) is 1.81. The zero-order valence-corrected chi connectivity index (χ0v) is 10.2. The number of nitrogens with two attached hydrogens (primary N) is 1. The lowest BCUT2D eigenvalue weighted by Gasteiger charge is -2.00. The predicted molar refractivity (Wildman–Crippen MR) is 62.4 cm³/mol. The molecule has 84 valence electrons. The van der Waals surface area contributed by atoms with Gasteiger partial charge >= 0.3 is 6.01 Å². The van der Waals surface area contributed by atoms with E-state index in [2.05, 4.69) is 31.0 Å². The van der Waals surface area contributed by atoms with Crippen molar-refractivity contribution in [3.05, 3.63) is 22.8 Å². The first-order valence-corrected chi connectivity index (χ1v) is 5.47. The molecule has 0 aliphatic heterocycles. The van der Waals surface area contributed by atoms with Gasteiger partial charge in [0.25, 0.3) is 0 Å². The van der Waals surface area contributed by atoms with Crippen molar-refractivity contribution in [1.82, 2.24) is 19.7 Å². The molecule has 0 radical (unpaired) electrons. The van der Waals surface area contributed by atoms with E-state index in [0.717, 1.165) is 4.47 Å². The maximum absolute atomic E-state index is 5.70. The molecular formula is C9H10BrN5O. The lowest BCUT2D eigenvalue weighted by molar-refractivity contribution is 0.312. The van der Waals surface area contributed by atoms with Crippen molar-refractivity contribution >= 4 is 21.9 Å². The van der Waals surface area contributed by atoms with Crippen LogP contribution in [0.5, 0.6) is 6.01 Å². The molecule has 2 N–H and O–H groups in total. The van der Waals surface area contributed by atoms with Crippen LogP contribution >= 0.6 is 15.9 Å². The fourth-order valence-corrected chi connectivity index (χ4v) is 1.39. The number of hydrogen-bond acceptors (Lipinski definition) is 5. The van der Waals surface area contributed by atoms with Crippen LogP contribution in [0.3, 0.4) is 0 Å². The average molecular weight is 284 g/mol. The Balaban J connectivity index is 2.36. The Labute approximate surface area is 101 Å². The van der Waals surface area contributed by atoms with Crippen LogP contribution in [0.15, 0.2) is 22.8 Å². The third-order valence-corrected chi connectivity index (χ3v) is 2.28. The van der Waals surface area contributed by atoms with Crippen molar-refractivity contribution in [2.75, 3.05) is 12.3 Å². The highest BCUT2D eigenvalue weighted by Gasteiger charge is 2.09. The second-order valence-electron chi connectivity index (χ2n) is 2.93. The van der Waals surface area contributed by atoms with Gasteiger partial charge in [0.2, 0.25) is 5.95 Å². The van der Waals surface area contributed by atoms with Crippen molar-refractivity contribution < 1.29 is 4.74 Å². The molecule has 2 aromatic heterocycles. The van der Waals surface area contributed by atoms with E-state index in [1.165, 1.54) is 4.68 Å². The summed E-state index contributed by atoms with van der Waals surface area (Å²) in [5.74, 6) is 0.845. The van der Waals surface area contributed by atoms with E-state index in [9.17, 15) is 0 Å². The van der Waals surface area contributed by atoms with Crippen molar-refractivity contribution in [3.8, 4) is 11.8 Å². The molecule has 0 atom stereocenters. The minimum Gasteiger partial charge on any atom is -0.463 e. The second-order valence-corrected chi connectivity index (χ2v) is 3.85. The smallest absolute Gasteiger partial charge is 0.337 e. The fourth-order valence-electron chi connectivity index (χ4n) is 1.16. The normalized spacial score (nSPS) is 10.4. The van der Waals surface area contributed by atoms with E-state index in [-0.39, 0.29) is 12.0 Å². The van der Waals surface area contributed by atoms with Gasteiger partial charge in [-0.1, -0.05) is 0 Å². The summed E-state index contributed by atoms with van der Waals surface area (Å²) < 4.78 is 7.47. The van der Waals surface area contributed by atoms with Gasteiger partial charge in [-0.2, -0.15) is 9.67 Å². The summed E-state index contributed by atoms with van der Waals surface area (Å²) in [5, 5.41) is 4.08. The Morgan fingerprint density at radius 2 is 2.31 bits per heavy atom. The van der Waals surface area contributed by atoms with Gasteiger partial charge in [-0.05, 0) is 35.0 Å². The molecule has 0 aromatic carbocycles. The number of rotatable bonds is 3. The van der Waals surface area contributed by atoms with Crippen molar-refractivity contribution in [1.29, 1.82) is 0 Å². The number of ether oxygens (including phenoxy) is 1.